The minimum atomic E-state index is -0.0691. The molecule has 1 aliphatic heterocycles. The van der Waals surface area contributed by atoms with Gasteiger partial charge in [-0.2, -0.15) is 0 Å². The van der Waals surface area contributed by atoms with Crippen molar-refractivity contribution in [3.8, 4) is 11.3 Å². The number of nitrogens with one attached hydrogen (secondary N) is 2. The first-order valence-corrected chi connectivity index (χ1v) is 14.9. The van der Waals surface area contributed by atoms with Gasteiger partial charge in [0.05, 0.1) is 12.0 Å². The second kappa shape index (κ2) is 14.2. The summed E-state index contributed by atoms with van der Waals surface area (Å²) in [6, 6.07) is 21.5. The molecule has 2 aromatic carbocycles. The average molecular weight is 555 g/mol. The normalized spacial score (nSPS) is 15.2. The van der Waals surface area contributed by atoms with Gasteiger partial charge < -0.3 is 19.9 Å². The number of aromatic amines is 1. The zero-order valence-corrected chi connectivity index (χ0v) is 24.3. The minimum Gasteiger partial charge on any atom is -0.466 e. The lowest BCUT2D eigenvalue weighted by Crippen LogP contribution is -2.46. The Labute approximate surface area is 243 Å². The first-order valence-electron chi connectivity index (χ1n) is 14.9. The number of aromatic nitrogens is 3. The number of esters is 1. The Morgan fingerprint density at radius 1 is 0.976 bits per heavy atom. The minimum absolute atomic E-state index is 0.0691. The number of nitrogens with zero attached hydrogens (tertiary/aromatic N) is 4. The van der Waals surface area contributed by atoms with Crippen molar-refractivity contribution in [2.24, 2.45) is 0 Å². The summed E-state index contributed by atoms with van der Waals surface area (Å²) in [4.78, 5) is 29.0. The molecule has 3 heterocycles. The van der Waals surface area contributed by atoms with Crippen molar-refractivity contribution >= 4 is 22.8 Å². The molecule has 0 amide bonds. The van der Waals surface area contributed by atoms with E-state index in [9.17, 15) is 4.79 Å². The highest BCUT2D eigenvalue weighted by Crippen LogP contribution is 2.29. The van der Waals surface area contributed by atoms with Crippen molar-refractivity contribution in [3.63, 3.8) is 0 Å². The van der Waals surface area contributed by atoms with Gasteiger partial charge in [0.2, 0.25) is 0 Å². The molecule has 0 spiro atoms. The van der Waals surface area contributed by atoms with E-state index in [0.717, 1.165) is 86.6 Å². The number of ether oxygens (including phenoxy) is 1. The van der Waals surface area contributed by atoms with Crippen LogP contribution in [0.3, 0.4) is 0 Å². The number of fused-ring (bicyclic) bond motifs is 1. The van der Waals surface area contributed by atoms with Gasteiger partial charge >= 0.3 is 5.97 Å². The topological polar surface area (TPSA) is 86.4 Å². The second-order valence-electron chi connectivity index (χ2n) is 10.9. The highest BCUT2D eigenvalue weighted by atomic mass is 16.5. The van der Waals surface area contributed by atoms with E-state index in [4.69, 9.17) is 4.74 Å². The number of carbonyl (C=O) groups excluding carboxylic acids is 1. The molecule has 5 rings (SSSR count). The molecule has 1 unspecified atom stereocenters. The summed E-state index contributed by atoms with van der Waals surface area (Å²) >= 11 is 0. The van der Waals surface area contributed by atoms with Crippen LogP contribution >= 0.6 is 0 Å². The van der Waals surface area contributed by atoms with Crippen LogP contribution in [0.4, 0.5) is 5.82 Å². The van der Waals surface area contributed by atoms with Crippen LogP contribution in [0.15, 0.2) is 67.0 Å². The Bertz CT molecular complexity index is 1380. The average Bonchev–Trinajstić information content (AvgIpc) is 3.44. The standard InChI is InChI=1S/C33H42N6O2/c1-3-41-31(40)12-8-5-9-17-38-18-20-39(21-19-38)23-26-13-15-28(16-14-26)30-22-29-32(34-24-35-33(29)37-30)36-25(2)27-10-6-4-7-11-27/h4,6-7,10-11,13-16,22,24-25H,3,5,8-9,12,17-21,23H2,1-2H3,(H2,34,35,36,37). The molecule has 41 heavy (non-hydrogen) atoms. The van der Waals surface area contributed by atoms with E-state index in [-0.39, 0.29) is 12.0 Å². The number of benzene rings is 2. The van der Waals surface area contributed by atoms with Crippen molar-refractivity contribution in [2.45, 2.75) is 52.1 Å². The smallest absolute Gasteiger partial charge is 0.305 e. The van der Waals surface area contributed by atoms with Gasteiger partial charge in [-0.15, -0.1) is 0 Å². The van der Waals surface area contributed by atoms with Crippen molar-refractivity contribution < 1.29 is 9.53 Å². The number of anilines is 1. The van der Waals surface area contributed by atoms with Crippen molar-refractivity contribution in [1.29, 1.82) is 0 Å². The number of hydrogen-bond acceptors (Lipinski definition) is 7. The van der Waals surface area contributed by atoms with Gasteiger partial charge in [0, 0.05) is 50.9 Å². The Morgan fingerprint density at radius 2 is 1.73 bits per heavy atom. The van der Waals surface area contributed by atoms with Crippen LogP contribution in [0.1, 0.15) is 56.7 Å². The first kappa shape index (κ1) is 28.8. The third kappa shape index (κ3) is 7.93. The molecule has 4 aromatic rings. The monoisotopic (exact) mass is 554 g/mol. The molecule has 2 aromatic heterocycles. The Hall–Kier alpha value is -3.75. The van der Waals surface area contributed by atoms with Gasteiger partial charge in [-0.05, 0) is 56.0 Å². The van der Waals surface area contributed by atoms with Crippen LogP contribution in [0, 0.1) is 0 Å². The van der Waals surface area contributed by atoms with E-state index in [1.165, 1.54) is 11.1 Å². The highest BCUT2D eigenvalue weighted by Gasteiger charge is 2.17. The van der Waals surface area contributed by atoms with Crippen LogP contribution in [0.25, 0.3) is 22.3 Å². The van der Waals surface area contributed by atoms with Gasteiger partial charge in [-0.25, -0.2) is 9.97 Å². The molecule has 1 aliphatic rings. The predicted octanol–water partition coefficient (Wildman–Crippen LogP) is 6.04. The lowest BCUT2D eigenvalue weighted by Gasteiger charge is -2.34. The van der Waals surface area contributed by atoms with E-state index in [2.05, 4.69) is 91.6 Å². The Morgan fingerprint density at radius 3 is 2.49 bits per heavy atom. The molecule has 216 valence electrons. The van der Waals surface area contributed by atoms with E-state index in [0.29, 0.717) is 13.0 Å². The molecule has 1 saturated heterocycles. The van der Waals surface area contributed by atoms with Crippen molar-refractivity contribution in [1.82, 2.24) is 24.8 Å². The molecule has 2 N–H and O–H groups in total. The summed E-state index contributed by atoms with van der Waals surface area (Å²) < 4.78 is 5.01. The van der Waals surface area contributed by atoms with E-state index >= 15 is 0 Å². The van der Waals surface area contributed by atoms with Crippen LogP contribution in [-0.2, 0) is 16.1 Å². The SMILES string of the molecule is CCOC(=O)CCCCCN1CCN(Cc2ccc(-c3cc4c(NC(C)c5ccccc5)ncnc4[nH]3)cc2)CC1. The van der Waals surface area contributed by atoms with Gasteiger partial charge in [-0.1, -0.05) is 61.0 Å². The van der Waals surface area contributed by atoms with Crippen LogP contribution in [0.5, 0.6) is 0 Å². The third-order valence-corrected chi connectivity index (χ3v) is 7.88. The summed E-state index contributed by atoms with van der Waals surface area (Å²) in [6.45, 7) is 10.9. The first-order chi connectivity index (χ1) is 20.1. The molecular formula is C33H42N6O2. The van der Waals surface area contributed by atoms with E-state index in [1.807, 2.05) is 13.0 Å². The number of H-pyrrole nitrogens is 1. The second-order valence-corrected chi connectivity index (χ2v) is 10.9. The Balaban J connectivity index is 1.10. The Kier molecular flexibility index (Phi) is 9.99. The molecule has 8 heteroatoms. The van der Waals surface area contributed by atoms with Gasteiger partial charge in [-0.3, -0.25) is 9.69 Å². The van der Waals surface area contributed by atoms with Crippen LogP contribution < -0.4 is 5.32 Å². The maximum absolute atomic E-state index is 11.5. The third-order valence-electron chi connectivity index (χ3n) is 7.88. The quantitative estimate of drug-likeness (QED) is 0.154. The zero-order chi connectivity index (χ0) is 28.4. The van der Waals surface area contributed by atoms with Gasteiger partial charge in [0.25, 0.3) is 0 Å². The van der Waals surface area contributed by atoms with Crippen LogP contribution in [0.2, 0.25) is 0 Å². The number of rotatable bonds is 13. The summed E-state index contributed by atoms with van der Waals surface area (Å²) in [5.41, 5.74) is 5.56. The van der Waals surface area contributed by atoms with Crippen LogP contribution in [-0.4, -0.2) is 70.1 Å². The largest absolute Gasteiger partial charge is 0.466 e. The number of carbonyl (C=O) groups is 1. The summed E-state index contributed by atoms with van der Waals surface area (Å²) in [5.74, 6) is 0.765. The molecule has 1 fully saturated rings. The molecule has 0 aliphatic carbocycles. The number of hydrogen-bond donors (Lipinski definition) is 2. The van der Waals surface area contributed by atoms with Gasteiger partial charge in [0.15, 0.2) is 0 Å². The lowest BCUT2D eigenvalue weighted by molar-refractivity contribution is -0.143. The van der Waals surface area contributed by atoms with E-state index in [1.54, 1.807) is 6.33 Å². The fraction of sp³-hybridized carbons (Fsp3) is 0.424. The van der Waals surface area contributed by atoms with Crippen molar-refractivity contribution in [2.75, 3.05) is 44.6 Å². The zero-order valence-electron chi connectivity index (χ0n) is 24.3. The number of unbranched alkanes of at least 4 members (excludes halogenated alkanes) is 2. The maximum Gasteiger partial charge on any atom is 0.305 e. The van der Waals surface area contributed by atoms with Crippen molar-refractivity contribution in [3.05, 3.63) is 78.1 Å². The number of piperazine rings is 1. The summed E-state index contributed by atoms with van der Waals surface area (Å²) in [7, 11) is 0. The fourth-order valence-electron chi connectivity index (χ4n) is 5.47. The predicted molar refractivity (Wildman–Crippen MR) is 165 cm³/mol. The fourth-order valence-corrected chi connectivity index (χ4v) is 5.47. The van der Waals surface area contributed by atoms with Gasteiger partial charge in [0.1, 0.15) is 17.8 Å². The molecule has 0 saturated carbocycles. The molecule has 1 atom stereocenters. The summed E-state index contributed by atoms with van der Waals surface area (Å²) in [5, 5.41) is 4.54. The molecule has 0 radical (unpaired) electrons. The molecule has 8 nitrogen and oxygen atoms in total. The lowest BCUT2D eigenvalue weighted by atomic mass is 10.1. The summed E-state index contributed by atoms with van der Waals surface area (Å²) in [6.07, 6.45) is 5.30. The van der Waals surface area contributed by atoms with E-state index < -0.39 is 0 Å². The maximum atomic E-state index is 11.5. The molecular weight excluding hydrogens is 512 g/mol. The molecule has 0 bridgehead atoms. The highest BCUT2D eigenvalue weighted by molar-refractivity contribution is 5.91.